The van der Waals surface area contributed by atoms with Crippen molar-refractivity contribution in [1.29, 1.82) is 5.41 Å². The van der Waals surface area contributed by atoms with E-state index in [1.54, 1.807) is 33.2 Å². The first-order chi connectivity index (χ1) is 11.0. The van der Waals surface area contributed by atoms with Crippen LogP contribution in [0.3, 0.4) is 0 Å². The van der Waals surface area contributed by atoms with E-state index < -0.39 is 0 Å². The van der Waals surface area contributed by atoms with Crippen LogP contribution in [0.1, 0.15) is 43.6 Å². The Morgan fingerprint density at radius 2 is 1.96 bits per heavy atom. The number of aliphatic imine (C=N–C) groups is 1. The van der Waals surface area contributed by atoms with Crippen LogP contribution in [0.5, 0.6) is 5.75 Å². The van der Waals surface area contributed by atoms with Crippen LogP contribution in [0.2, 0.25) is 0 Å². The fourth-order valence-electron chi connectivity index (χ4n) is 2.13. The number of nitrogens with zero attached hydrogens (tertiary/aromatic N) is 2. The van der Waals surface area contributed by atoms with Crippen LogP contribution in [0.25, 0.3) is 0 Å². The van der Waals surface area contributed by atoms with E-state index in [0.29, 0.717) is 5.56 Å². The number of ether oxygens (including phenoxy) is 1. The molecule has 1 aromatic rings. The highest BCUT2D eigenvalue weighted by atomic mass is 16.5. The summed E-state index contributed by atoms with van der Waals surface area (Å²) in [5, 5.41) is 18.2. The minimum absolute atomic E-state index is 0.121. The molecule has 0 radical (unpaired) electrons. The molecular weight excluding hydrogens is 308 g/mol. The van der Waals surface area contributed by atoms with Crippen LogP contribution in [-0.2, 0) is 10.2 Å². The third-order valence-corrected chi connectivity index (χ3v) is 3.35. The van der Waals surface area contributed by atoms with Crippen LogP contribution in [0.4, 0.5) is 5.69 Å². The molecule has 1 amide bonds. The van der Waals surface area contributed by atoms with Gasteiger partial charge < -0.3 is 20.5 Å². The van der Waals surface area contributed by atoms with Crippen molar-refractivity contribution in [2.45, 2.75) is 33.1 Å². The van der Waals surface area contributed by atoms with Crippen LogP contribution >= 0.6 is 0 Å². The Balaban J connectivity index is 3.53. The second kappa shape index (κ2) is 7.33. The van der Waals surface area contributed by atoms with Crippen molar-refractivity contribution in [3.63, 3.8) is 0 Å². The number of amides is 1. The number of nitrogens with one attached hydrogen (secondary N) is 1. The summed E-state index contributed by atoms with van der Waals surface area (Å²) in [7, 11) is 3.23. The third kappa shape index (κ3) is 4.24. The Hall–Kier alpha value is -2.57. The van der Waals surface area contributed by atoms with Crippen LogP contribution in [0, 0.1) is 5.41 Å². The number of aromatic hydroxyl groups is 1. The average molecular weight is 334 g/mol. The van der Waals surface area contributed by atoms with Crippen molar-refractivity contribution in [2.24, 2.45) is 10.7 Å². The Labute approximate surface area is 142 Å². The molecule has 0 aliphatic carbocycles. The van der Waals surface area contributed by atoms with E-state index in [2.05, 4.69) is 4.99 Å². The largest absolute Gasteiger partial charge is 0.505 e. The molecule has 132 valence electrons. The molecule has 0 heterocycles. The number of hydrogen-bond donors (Lipinski definition) is 3. The van der Waals surface area contributed by atoms with Crippen LogP contribution in [-0.4, -0.2) is 48.3 Å². The van der Waals surface area contributed by atoms with E-state index in [4.69, 9.17) is 15.9 Å². The normalized spacial score (nSPS) is 12.0. The number of carbonyl (C=O) groups excluding carboxylic acids is 1. The first-order valence-corrected chi connectivity index (χ1v) is 7.64. The van der Waals surface area contributed by atoms with Gasteiger partial charge in [-0.2, -0.15) is 0 Å². The predicted octanol–water partition coefficient (Wildman–Crippen LogP) is 2.39. The molecule has 0 aromatic heterocycles. The number of rotatable bonds is 3. The summed E-state index contributed by atoms with van der Waals surface area (Å²) >= 11 is 0. The van der Waals surface area contributed by atoms with Gasteiger partial charge in [0.05, 0.1) is 12.2 Å². The Morgan fingerprint density at radius 3 is 2.42 bits per heavy atom. The number of hydrogen-bond acceptors (Lipinski definition) is 5. The number of carbonyl (C=O) groups is 1. The zero-order valence-corrected chi connectivity index (χ0v) is 15.1. The summed E-state index contributed by atoms with van der Waals surface area (Å²) in [6, 6.07) is 3.32. The predicted molar refractivity (Wildman–Crippen MR) is 95.5 cm³/mol. The van der Waals surface area contributed by atoms with Gasteiger partial charge in [-0.05, 0) is 24.0 Å². The molecule has 0 aliphatic heterocycles. The molecule has 24 heavy (non-hydrogen) atoms. The molecule has 0 unspecified atom stereocenters. The van der Waals surface area contributed by atoms with E-state index in [9.17, 15) is 9.90 Å². The molecule has 1 aromatic carbocycles. The SMILES string of the molecule is CCOC(=N)C(N)=Nc1ccc(C(C)(C)C)c(C(=O)N(C)C)c1O. The highest BCUT2D eigenvalue weighted by Gasteiger charge is 2.27. The minimum atomic E-state index is -0.343. The van der Waals surface area contributed by atoms with Crippen molar-refractivity contribution in [1.82, 2.24) is 4.90 Å². The maximum absolute atomic E-state index is 12.5. The van der Waals surface area contributed by atoms with E-state index >= 15 is 0 Å². The van der Waals surface area contributed by atoms with Gasteiger partial charge >= 0.3 is 0 Å². The molecular formula is C17H26N4O3. The van der Waals surface area contributed by atoms with E-state index in [1.165, 1.54) is 4.90 Å². The van der Waals surface area contributed by atoms with Crippen LogP contribution < -0.4 is 5.73 Å². The monoisotopic (exact) mass is 334 g/mol. The maximum Gasteiger partial charge on any atom is 0.257 e. The number of phenols is 1. The molecule has 0 atom stereocenters. The molecule has 0 bridgehead atoms. The fraction of sp³-hybridized carbons (Fsp3) is 0.471. The molecule has 4 N–H and O–H groups in total. The zero-order valence-electron chi connectivity index (χ0n) is 15.1. The maximum atomic E-state index is 12.5. The second-order valence-electron chi connectivity index (χ2n) is 6.56. The summed E-state index contributed by atoms with van der Waals surface area (Å²) in [6.07, 6.45) is 0. The van der Waals surface area contributed by atoms with Gasteiger partial charge in [0.15, 0.2) is 11.6 Å². The van der Waals surface area contributed by atoms with Gasteiger partial charge in [0.25, 0.3) is 5.91 Å². The first kappa shape index (κ1) is 19.5. The minimum Gasteiger partial charge on any atom is -0.505 e. The molecule has 0 aliphatic rings. The summed E-state index contributed by atoms with van der Waals surface area (Å²) in [5.74, 6) is -1.03. The van der Waals surface area contributed by atoms with Gasteiger partial charge in [-0.1, -0.05) is 26.8 Å². The molecule has 1 rings (SSSR count). The topological polar surface area (TPSA) is 112 Å². The lowest BCUT2D eigenvalue weighted by Crippen LogP contribution is -2.27. The summed E-state index contributed by atoms with van der Waals surface area (Å²) in [4.78, 5) is 17.9. The highest BCUT2D eigenvalue weighted by Crippen LogP contribution is 2.38. The van der Waals surface area contributed by atoms with E-state index in [0.717, 1.165) is 0 Å². The van der Waals surface area contributed by atoms with Crippen molar-refractivity contribution < 1.29 is 14.6 Å². The average Bonchev–Trinajstić information content (AvgIpc) is 2.47. The standard InChI is InChI=1S/C17H26N4O3/c1-7-24-15(19)14(18)20-11-9-8-10(17(2,3)4)12(13(11)22)16(23)21(5)6/h8-9,19,22H,7H2,1-6H3,(H2,18,20). The van der Waals surface area contributed by atoms with Crippen molar-refractivity contribution in [2.75, 3.05) is 20.7 Å². The fourth-order valence-corrected chi connectivity index (χ4v) is 2.13. The summed E-state index contributed by atoms with van der Waals surface area (Å²) in [6.45, 7) is 7.88. The Morgan fingerprint density at radius 1 is 1.38 bits per heavy atom. The van der Waals surface area contributed by atoms with Crippen molar-refractivity contribution in [3.8, 4) is 5.75 Å². The smallest absolute Gasteiger partial charge is 0.257 e. The second-order valence-corrected chi connectivity index (χ2v) is 6.56. The Bertz CT molecular complexity index is 673. The van der Waals surface area contributed by atoms with E-state index in [-0.39, 0.29) is 46.7 Å². The molecule has 7 heteroatoms. The van der Waals surface area contributed by atoms with Gasteiger partial charge in [0, 0.05) is 14.1 Å². The quantitative estimate of drug-likeness (QED) is 0.582. The number of nitrogens with two attached hydrogens (primary N) is 1. The van der Waals surface area contributed by atoms with Crippen molar-refractivity contribution >= 4 is 23.3 Å². The van der Waals surface area contributed by atoms with Gasteiger partial charge in [-0.25, -0.2) is 4.99 Å². The third-order valence-electron chi connectivity index (χ3n) is 3.35. The Kier molecular flexibility index (Phi) is 5.95. The number of benzene rings is 1. The van der Waals surface area contributed by atoms with Gasteiger partial charge in [0.1, 0.15) is 5.69 Å². The summed E-state index contributed by atoms with van der Waals surface area (Å²) in [5.41, 5.74) is 6.38. The molecule has 7 nitrogen and oxygen atoms in total. The zero-order chi connectivity index (χ0) is 18.7. The van der Waals surface area contributed by atoms with E-state index in [1.807, 2.05) is 20.8 Å². The molecule has 0 fully saturated rings. The molecule has 0 spiro atoms. The molecule has 0 saturated heterocycles. The van der Waals surface area contributed by atoms with Crippen molar-refractivity contribution in [3.05, 3.63) is 23.3 Å². The number of amidine groups is 1. The lowest BCUT2D eigenvalue weighted by atomic mass is 9.82. The van der Waals surface area contributed by atoms with Gasteiger partial charge in [0.2, 0.25) is 5.90 Å². The summed E-state index contributed by atoms with van der Waals surface area (Å²) < 4.78 is 4.98. The molecule has 0 saturated carbocycles. The van der Waals surface area contributed by atoms with Gasteiger partial charge in [-0.3, -0.25) is 10.2 Å². The number of phenolic OH excluding ortho intramolecular Hbond substituents is 1. The lowest BCUT2D eigenvalue weighted by molar-refractivity contribution is 0.0822. The lowest BCUT2D eigenvalue weighted by Gasteiger charge is -2.25. The van der Waals surface area contributed by atoms with Gasteiger partial charge in [-0.15, -0.1) is 0 Å². The highest BCUT2D eigenvalue weighted by molar-refractivity contribution is 6.36. The first-order valence-electron chi connectivity index (χ1n) is 7.64. The van der Waals surface area contributed by atoms with Crippen LogP contribution in [0.15, 0.2) is 17.1 Å².